The Labute approximate surface area is 231 Å². The van der Waals surface area contributed by atoms with Crippen LogP contribution < -0.4 is 10.6 Å². The molecule has 1 atom stereocenters. The van der Waals surface area contributed by atoms with E-state index in [1.54, 1.807) is 17.0 Å². The van der Waals surface area contributed by atoms with Gasteiger partial charge >= 0.3 is 12.2 Å². The lowest BCUT2D eigenvalue weighted by atomic mass is 9.95. The molecule has 0 radical (unpaired) electrons. The normalized spacial score (nSPS) is 15.5. The molecule has 1 unspecified atom stereocenters. The predicted molar refractivity (Wildman–Crippen MR) is 153 cm³/mol. The van der Waals surface area contributed by atoms with Crippen molar-refractivity contribution < 1.29 is 23.9 Å². The van der Waals surface area contributed by atoms with Crippen molar-refractivity contribution in [2.75, 3.05) is 18.4 Å². The van der Waals surface area contributed by atoms with E-state index >= 15 is 0 Å². The maximum atomic E-state index is 12.9. The molecule has 1 heterocycles. The summed E-state index contributed by atoms with van der Waals surface area (Å²) < 4.78 is 10.9. The molecule has 8 heteroatoms. The third kappa shape index (κ3) is 9.16. The second-order valence-corrected chi connectivity index (χ2v) is 11.8. The molecule has 39 heavy (non-hydrogen) atoms. The van der Waals surface area contributed by atoms with Crippen LogP contribution in [0.4, 0.5) is 15.3 Å². The van der Waals surface area contributed by atoms with Crippen molar-refractivity contribution in [1.29, 1.82) is 0 Å². The van der Waals surface area contributed by atoms with Crippen LogP contribution in [0.3, 0.4) is 0 Å². The second-order valence-electron chi connectivity index (χ2n) is 11.8. The number of hydrogen-bond donors (Lipinski definition) is 2. The van der Waals surface area contributed by atoms with Gasteiger partial charge in [-0.1, -0.05) is 30.4 Å². The van der Waals surface area contributed by atoms with Crippen molar-refractivity contribution in [3.63, 3.8) is 0 Å². The van der Waals surface area contributed by atoms with E-state index in [4.69, 9.17) is 9.47 Å². The zero-order chi connectivity index (χ0) is 28.8. The standard InChI is InChI=1S/C31H41N3O5/c1-21-20-24(15-16-25(21)26-10-8-9-19-34(26)29(37)39-31(5,6)7)33-27(35)23-13-11-22(12-14-23)17-18-32-28(36)38-30(2,3)4/h8-9,11-16,20,26H,10,17-19H2,1-7H3,(H,32,36)(H,33,35). The van der Waals surface area contributed by atoms with Crippen molar-refractivity contribution >= 4 is 23.8 Å². The van der Waals surface area contributed by atoms with E-state index < -0.39 is 17.3 Å². The lowest BCUT2D eigenvalue weighted by molar-refractivity contribution is 0.0175. The molecule has 1 aliphatic rings. The Morgan fingerprint density at radius 1 is 0.923 bits per heavy atom. The van der Waals surface area contributed by atoms with E-state index in [-0.39, 0.29) is 18.0 Å². The van der Waals surface area contributed by atoms with Crippen molar-refractivity contribution in [2.45, 2.75) is 78.6 Å². The number of carbonyl (C=O) groups excluding carboxylic acids is 3. The molecule has 0 fully saturated rings. The summed E-state index contributed by atoms with van der Waals surface area (Å²) in [7, 11) is 0. The van der Waals surface area contributed by atoms with Gasteiger partial charge in [0.2, 0.25) is 0 Å². The average Bonchev–Trinajstić information content (AvgIpc) is 2.82. The molecule has 0 bridgehead atoms. The molecule has 210 valence electrons. The van der Waals surface area contributed by atoms with Crippen LogP contribution in [0.1, 0.15) is 81.1 Å². The van der Waals surface area contributed by atoms with E-state index in [2.05, 4.69) is 16.7 Å². The summed E-state index contributed by atoms with van der Waals surface area (Å²) in [6.07, 6.45) is 4.60. The highest BCUT2D eigenvalue weighted by Gasteiger charge is 2.30. The van der Waals surface area contributed by atoms with Gasteiger partial charge in [-0.3, -0.25) is 9.69 Å². The lowest BCUT2D eigenvalue weighted by Gasteiger charge is -2.35. The Balaban J connectivity index is 1.60. The Morgan fingerprint density at radius 2 is 1.59 bits per heavy atom. The zero-order valence-electron chi connectivity index (χ0n) is 24.1. The van der Waals surface area contributed by atoms with Gasteiger partial charge in [0, 0.05) is 24.3 Å². The number of nitrogens with one attached hydrogen (secondary N) is 2. The number of amides is 3. The largest absolute Gasteiger partial charge is 0.444 e. The summed E-state index contributed by atoms with van der Waals surface area (Å²) in [5.74, 6) is -0.212. The van der Waals surface area contributed by atoms with Gasteiger partial charge in [-0.05, 0) is 102 Å². The average molecular weight is 536 g/mol. The molecule has 0 saturated heterocycles. The molecule has 0 aromatic heterocycles. The Morgan fingerprint density at radius 3 is 2.21 bits per heavy atom. The van der Waals surface area contributed by atoms with Gasteiger partial charge in [0.1, 0.15) is 11.2 Å². The summed E-state index contributed by atoms with van der Waals surface area (Å²) in [6.45, 7) is 14.0. The summed E-state index contributed by atoms with van der Waals surface area (Å²) in [6, 6.07) is 12.9. The molecular weight excluding hydrogens is 494 g/mol. The number of benzene rings is 2. The first-order valence-corrected chi connectivity index (χ1v) is 13.3. The minimum atomic E-state index is -0.568. The fourth-order valence-corrected chi connectivity index (χ4v) is 4.26. The molecule has 2 aromatic rings. The van der Waals surface area contributed by atoms with Gasteiger partial charge in [-0.25, -0.2) is 9.59 Å². The van der Waals surface area contributed by atoms with Crippen LogP contribution in [0.2, 0.25) is 0 Å². The number of anilines is 1. The van der Waals surface area contributed by atoms with Crippen molar-refractivity contribution in [2.24, 2.45) is 0 Å². The quantitative estimate of drug-likeness (QED) is 0.409. The zero-order valence-corrected chi connectivity index (χ0v) is 24.1. The smallest absolute Gasteiger partial charge is 0.411 e. The second kappa shape index (κ2) is 12.4. The fourth-order valence-electron chi connectivity index (χ4n) is 4.26. The highest BCUT2D eigenvalue weighted by molar-refractivity contribution is 6.04. The number of nitrogens with zero attached hydrogens (tertiary/aromatic N) is 1. The monoisotopic (exact) mass is 535 g/mol. The number of aryl methyl sites for hydroxylation is 1. The van der Waals surface area contributed by atoms with Crippen LogP contribution in [-0.2, 0) is 15.9 Å². The number of carbonyl (C=O) groups is 3. The number of alkyl carbamates (subject to hydrolysis) is 1. The number of hydrogen-bond acceptors (Lipinski definition) is 5. The van der Waals surface area contributed by atoms with Crippen LogP contribution in [0.15, 0.2) is 54.6 Å². The van der Waals surface area contributed by atoms with Gasteiger partial charge in [0.05, 0.1) is 6.04 Å². The van der Waals surface area contributed by atoms with Crippen molar-refractivity contribution in [3.05, 3.63) is 76.9 Å². The summed E-state index contributed by atoms with van der Waals surface area (Å²) >= 11 is 0. The Hall–Kier alpha value is -3.81. The van der Waals surface area contributed by atoms with E-state index in [9.17, 15) is 14.4 Å². The van der Waals surface area contributed by atoms with E-state index in [1.807, 2.05) is 84.9 Å². The molecule has 1 aliphatic heterocycles. The molecule has 0 aliphatic carbocycles. The van der Waals surface area contributed by atoms with Crippen molar-refractivity contribution in [1.82, 2.24) is 10.2 Å². The van der Waals surface area contributed by atoms with Gasteiger partial charge in [0.25, 0.3) is 5.91 Å². The maximum absolute atomic E-state index is 12.9. The number of ether oxygens (including phenoxy) is 2. The molecule has 3 rings (SSSR count). The van der Waals surface area contributed by atoms with Crippen LogP contribution >= 0.6 is 0 Å². The highest BCUT2D eigenvalue weighted by Crippen LogP contribution is 2.32. The molecule has 2 aromatic carbocycles. The molecule has 0 saturated carbocycles. The topological polar surface area (TPSA) is 97.0 Å². The summed E-state index contributed by atoms with van der Waals surface area (Å²) in [5.41, 5.74) is 3.12. The van der Waals surface area contributed by atoms with Crippen LogP contribution in [0, 0.1) is 6.92 Å². The first kappa shape index (κ1) is 29.7. The third-order valence-electron chi connectivity index (χ3n) is 6.02. The first-order chi connectivity index (χ1) is 18.2. The van der Waals surface area contributed by atoms with Gasteiger partial charge < -0.3 is 20.1 Å². The minimum Gasteiger partial charge on any atom is -0.444 e. The van der Waals surface area contributed by atoms with Crippen LogP contribution in [0.25, 0.3) is 0 Å². The molecule has 8 nitrogen and oxygen atoms in total. The SMILES string of the molecule is Cc1cc(NC(=O)c2ccc(CCNC(=O)OC(C)(C)C)cc2)ccc1C1CC=CCN1C(=O)OC(C)(C)C. The molecular formula is C31H41N3O5. The molecule has 3 amide bonds. The third-order valence-corrected chi connectivity index (χ3v) is 6.02. The first-order valence-electron chi connectivity index (χ1n) is 13.3. The van der Waals surface area contributed by atoms with Crippen LogP contribution in [0.5, 0.6) is 0 Å². The lowest BCUT2D eigenvalue weighted by Crippen LogP contribution is -2.40. The predicted octanol–water partition coefficient (Wildman–Crippen LogP) is 6.55. The van der Waals surface area contributed by atoms with E-state index in [1.165, 1.54) is 0 Å². The van der Waals surface area contributed by atoms with Crippen LogP contribution in [-0.4, -0.2) is 47.3 Å². The van der Waals surface area contributed by atoms with E-state index in [0.29, 0.717) is 37.2 Å². The summed E-state index contributed by atoms with van der Waals surface area (Å²) in [5, 5.41) is 5.70. The minimum absolute atomic E-state index is 0.132. The van der Waals surface area contributed by atoms with E-state index in [0.717, 1.165) is 16.7 Å². The Kier molecular flexibility index (Phi) is 9.43. The van der Waals surface area contributed by atoms with Gasteiger partial charge in [-0.15, -0.1) is 0 Å². The molecule has 2 N–H and O–H groups in total. The summed E-state index contributed by atoms with van der Waals surface area (Å²) in [4.78, 5) is 39.2. The van der Waals surface area contributed by atoms with Crippen molar-refractivity contribution in [3.8, 4) is 0 Å². The fraction of sp³-hybridized carbons (Fsp3) is 0.452. The highest BCUT2D eigenvalue weighted by atomic mass is 16.6. The Bertz CT molecular complexity index is 1210. The maximum Gasteiger partial charge on any atom is 0.411 e. The van der Waals surface area contributed by atoms with Gasteiger partial charge in [-0.2, -0.15) is 0 Å². The molecule has 0 spiro atoms. The number of rotatable bonds is 6. The van der Waals surface area contributed by atoms with Gasteiger partial charge in [0.15, 0.2) is 0 Å².